The molecule has 8 nitrogen and oxygen atoms in total. The van der Waals surface area contributed by atoms with Gasteiger partial charge in [-0.3, -0.25) is 9.59 Å². The molecule has 4 heterocycles. The number of aromatic nitrogens is 2. The van der Waals surface area contributed by atoms with Crippen LogP contribution in [0, 0.1) is 13.8 Å². The van der Waals surface area contributed by atoms with Gasteiger partial charge in [-0.1, -0.05) is 0 Å². The molecule has 0 saturated carbocycles. The predicted octanol–water partition coefficient (Wildman–Crippen LogP) is 1.41. The number of rotatable bonds is 2. The van der Waals surface area contributed by atoms with Crippen molar-refractivity contribution in [3.8, 4) is 0 Å². The molecule has 1 fully saturated rings. The Bertz CT molecular complexity index is 936. The fraction of sp³-hybridized carbons (Fsp3) is 0.474. The van der Waals surface area contributed by atoms with E-state index in [4.69, 9.17) is 10.5 Å². The third-order valence-corrected chi connectivity index (χ3v) is 6.17. The van der Waals surface area contributed by atoms with Crippen LogP contribution in [0.15, 0.2) is 6.07 Å². The van der Waals surface area contributed by atoms with Gasteiger partial charge in [-0.15, -0.1) is 11.3 Å². The van der Waals surface area contributed by atoms with Crippen LogP contribution < -0.4 is 5.73 Å². The second-order valence-corrected chi connectivity index (χ2v) is 8.26. The van der Waals surface area contributed by atoms with Crippen molar-refractivity contribution in [3.05, 3.63) is 38.5 Å². The van der Waals surface area contributed by atoms with Gasteiger partial charge in [0.15, 0.2) is 0 Å². The summed E-state index contributed by atoms with van der Waals surface area (Å²) in [6, 6.07) is 1.81. The van der Waals surface area contributed by atoms with Crippen LogP contribution in [0.1, 0.15) is 42.0 Å². The van der Waals surface area contributed by atoms with Gasteiger partial charge in [0.05, 0.1) is 29.5 Å². The predicted molar refractivity (Wildman–Crippen MR) is 105 cm³/mol. The van der Waals surface area contributed by atoms with E-state index >= 15 is 0 Å². The normalized spacial score (nSPS) is 16.8. The van der Waals surface area contributed by atoms with Gasteiger partial charge in [0.25, 0.3) is 11.8 Å². The lowest BCUT2D eigenvalue weighted by Gasteiger charge is -2.30. The van der Waals surface area contributed by atoms with Crippen LogP contribution in [0.5, 0.6) is 0 Å². The minimum atomic E-state index is -0.131. The summed E-state index contributed by atoms with van der Waals surface area (Å²) in [6.45, 7) is 6.90. The lowest BCUT2D eigenvalue weighted by molar-refractivity contribution is 0.0303. The molecule has 1 saturated heterocycles. The van der Waals surface area contributed by atoms with Gasteiger partial charge in [0, 0.05) is 38.3 Å². The first-order chi connectivity index (χ1) is 13.4. The van der Waals surface area contributed by atoms with Crippen molar-refractivity contribution in [2.75, 3.05) is 38.6 Å². The van der Waals surface area contributed by atoms with E-state index in [2.05, 4.69) is 9.97 Å². The van der Waals surface area contributed by atoms with Crippen LogP contribution in [-0.4, -0.2) is 64.4 Å². The number of ether oxygens (including phenoxy) is 1. The van der Waals surface area contributed by atoms with Crippen LogP contribution in [0.4, 0.5) is 5.82 Å². The van der Waals surface area contributed by atoms with Crippen LogP contribution in [0.3, 0.4) is 0 Å². The second-order valence-electron chi connectivity index (χ2n) is 7.06. The number of aryl methyl sites for hydroxylation is 2. The Morgan fingerprint density at radius 2 is 1.86 bits per heavy atom. The first-order valence-electron chi connectivity index (χ1n) is 9.32. The number of hydrogen-bond acceptors (Lipinski definition) is 7. The van der Waals surface area contributed by atoms with Gasteiger partial charge in [-0.25, -0.2) is 9.97 Å². The van der Waals surface area contributed by atoms with Crippen LogP contribution in [0.25, 0.3) is 0 Å². The van der Waals surface area contributed by atoms with E-state index < -0.39 is 0 Å². The largest absolute Gasteiger partial charge is 0.383 e. The molecule has 9 heteroatoms. The zero-order valence-electron chi connectivity index (χ0n) is 16.0. The lowest BCUT2D eigenvalue weighted by atomic mass is 10.0. The number of hydrogen-bond donors (Lipinski definition) is 1. The summed E-state index contributed by atoms with van der Waals surface area (Å²) < 4.78 is 5.31. The number of anilines is 1. The summed E-state index contributed by atoms with van der Waals surface area (Å²) in [4.78, 5) is 38.8. The summed E-state index contributed by atoms with van der Waals surface area (Å²) >= 11 is 1.42. The van der Waals surface area contributed by atoms with E-state index in [1.165, 1.54) is 11.3 Å². The molecule has 0 aromatic carbocycles. The highest BCUT2D eigenvalue weighted by Gasteiger charge is 2.28. The molecule has 0 aliphatic carbocycles. The number of nitrogens with two attached hydrogens (primary N) is 1. The van der Waals surface area contributed by atoms with Crippen molar-refractivity contribution >= 4 is 29.0 Å². The van der Waals surface area contributed by atoms with Crippen LogP contribution >= 0.6 is 11.3 Å². The Morgan fingerprint density at radius 1 is 1.11 bits per heavy atom. The highest BCUT2D eigenvalue weighted by molar-refractivity contribution is 7.13. The third-order valence-electron chi connectivity index (χ3n) is 5.11. The Hall–Kier alpha value is -2.52. The summed E-state index contributed by atoms with van der Waals surface area (Å²) in [5.74, 6) is 0.101. The van der Waals surface area contributed by atoms with E-state index in [-0.39, 0.29) is 17.6 Å². The summed E-state index contributed by atoms with van der Waals surface area (Å²) in [5, 5.41) is 0.881. The average Bonchev–Trinajstić information content (AvgIpc) is 3.04. The number of nitrogens with zero attached hydrogens (tertiary/aromatic N) is 4. The van der Waals surface area contributed by atoms with Gasteiger partial charge < -0.3 is 20.3 Å². The Kier molecular flexibility index (Phi) is 5.03. The van der Waals surface area contributed by atoms with E-state index in [9.17, 15) is 9.59 Å². The molecule has 2 aromatic rings. The summed E-state index contributed by atoms with van der Waals surface area (Å²) in [6.07, 6.45) is 0.619. The minimum absolute atomic E-state index is 0.0216. The molecule has 0 atom stereocenters. The van der Waals surface area contributed by atoms with Gasteiger partial charge in [-0.2, -0.15) is 0 Å². The van der Waals surface area contributed by atoms with Gasteiger partial charge >= 0.3 is 0 Å². The van der Waals surface area contributed by atoms with Crippen molar-refractivity contribution < 1.29 is 14.3 Å². The molecular weight excluding hydrogens is 378 g/mol. The highest BCUT2D eigenvalue weighted by atomic mass is 32.1. The highest BCUT2D eigenvalue weighted by Crippen LogP contribution is 2.26. The maximum Gasteiger partial charge on any atom is 0.266 e. The molecule has 28 heavy (non-hydrogen) atoms. The quantitative estimate of drug-likeness (QED) is 0.816. The number of amides is 2. The Labute approximate surface area is 167 Å². The molecule has 0 radical (unpaired) electrons. The number of pyridine rings is 1. The minimum Gasteiger partial charge on any atom is -0.383 e. The number of carbonyl (C=O) groups excluding carboxylic acids is 2. The summed E-state index contributed by atoms with van der Waals surface area (Å²) in [7, 11) is 0. The first-order valence-corrected chi connectivity index (χ1v) is 10.1. The standard InChI is InChI=1S/C19H23N5O3S/c1-11-16(28-12(2)21-11)19(26)24-4-3-15-13(10-24)9-14(17(20)22-15)18(25)23-5-7-27-8-6-23/h9H,3-8,10H2,1-2H3,(H2,20,22). The van der Waals surface area contributed by atoms with Gasteiger partial charge in [-0.05, 0) is 25.5 Å². The van der Waals surface area contributed by atoms with E-state index in [1.807, 2.05) is 13.8 Å². The van der Waals surface area contributed by atoms with E-state index in [0.717, 1.165) is 22.0 Å². The molecule has 2 aliphatic heterocycles. The second kappa shape index (κ2) is 7.48. The van der Waals surface area contributed by atoms with Crippen molar-refractivity contribution in [1.29, 1.82) is 0 Å². The fourth-order valence-corrected chi connectivity index (χ4v) is 4.53. The molecule has 148 valence electrons. The van der Waals surface area contributed by atoms with Crippen molar-refractivity contribution in [3.63, 3.8) is 0 Å². The first kappa shape index (κ1) is 18.8. The SMILES string of the molecule is Cc1nc(C)c(C(=O)N2CCc3nc(N)c(C(=O)N4CCOCC4)cc3C2)s1. The van der Waals surface area contributed by atoms with Gasteiger partial charge in [0.2, 0.25) is 0 Å². The molecule has 0 bridgehead atoms. The fourth-order valence-electron chi connectivity index (χ4n) is 3.64. The van der Waals surface area contributed by atoms with E-state index in [1.54, 1.807) is 15.9 Å². The molecule has 4 rings (SSSR count). The van der Waals surface area contributed by atoms with Crippen molar-refractivity contribution in [2.24, 2.45) is 0 Å². The molecule has 2 amide bonds. The number of morpholine rings is 1. The number of thiazole rings is 1. The zero-order valence-corrected chi connectivity index (χ0v) is 16.8. The lowest BCUT2D eigenvalue weighted by Crippen LogP contribution is -2.41. The number of carbonyl (C=O) groups is 2. The molecule has 2 aromatic heterocycles. The Balaban J connectivity index is 1.58. The maximum absolute atomic E-state index is 12.9. The smallest absolute Gasteiger partial charge is 0.266 e. The molecular formula is C19H23N5O3S. The molecule has 0 unspecified atom stereocenters. The third kappa shape index (κ3) is 3.47. The molecule has 2 N–H and O–H groups in total. The maximum atomic E-state index is 12.9. The van der Waals surface area contributed by atoms with Gasteiger partial charge in [0.1, 0.15) is 10.7 Å². The number of nitrogen functional groups attached to an aromatic ring is 1. The topological polar surface area (TPSA) is 102 Å². The summed E-state index contributed by atoms with van der Waals surface area (Å²) in [5.41, 5.74) is 8.98. The van der Waals surface area contributed by atoms with Crippen LogP contribution in [0.2, 0.25) is 0 Å². The van der Waals surface area contributed by atoms with Crippen LogP contribution in [-0.2, 0) is 17.7 Å². The molecule has 0 spiro atoms. The van der Waals surface area contributed by atoms with Crippen molar-refractivity contribution in [2.45, 2.75) is 26.8 Å². The Morgan fingerprint density at radius 3 is 2.54 bits per heavy atom. The molecule has 2 aliphatic rings. The zero-order chi connectivity index (χ0) is 19.8. The monoisotopic (exact) mass is 401 g/mol. The van der Waals surface area contributed by atoms with E-state index in [0.29, 0.717) is 56.3 Å². The average molecular weight is 401 g/mol. The number of fused-ring (bicyclic) bond motifs is 1. The van der Waals surface area contributed by atoms with Crippen molar-refractivity contribution in [1.82, 2.24) is 19.8 Å².